The maximum absolute atomic E-state index is 11.5. The van der Waals surface area contributed by atoms with Crippen LogP contribution in [0.1, 0.15) is 17.4 Å². The summed E-state index contributed by atoms with van der Waals surface area (Å²) < 4.78 is 11.1. The minimum absolute atomic E-state index is 0.146. The van der Waals surface area contributed by atoms with Gasteiger partial charge in [0.25, 0.3) is 6.01 Å². The molecule has 1 N–H and O–H groups in total. The quantitative estimate of drug-likeness (QED) is 0.743. The third-order valence-corrected chi connectivity index (χ3v) is 3.36. The Balaban J connectivity index is 1.78. The van der Waals surface area contributed by atoms with Crippen LogP contribution in [0.4, 0.5) is 11.7 Å². The van der Waals surface area contributed by atoms with E-state index in [4.69, 9.17) is 9.15 Å². The number of rotatable bonds is 4. The molecule has 0 saturated heterocycles. The van der Waals surface area contributed by atoms with Gasteiger partial charge in [-0.2, -0.15) is 4.98 Å². The molecule has 102 valence electrons. The van der Waals surface area contributed by atoms with Crippen molar-refractivity contribution < 1.29 is 13.9 Å². The van der Waals surface area contributed by atoms with Crippen LogP contribution in [-0.2, 0) is 4.74 Å². The van der Waals surface area contributed by atoms with Gasteiger partial charge in [0, 0.05) is 5.69 Å². The molecular formula is C13H11N3O3S. The molecule has 0 unspecified atom stereocenters. The Morgan fingerprint density at radius 1 is 1.50 bits per heavy atom. The van der Waals surface area contributed by atoms with Crippen LogP contribution < -0.4 is 5.32 Å². The van der Waals surface area contributed by atoms with Crippen molar-refractivity contribution >= 4 is 39.2 Å². The summed E-state index contributed by atoms with van der Waals surface area (Å²) in [4.78, 5) is 19.7. The molecule has 0 radical (unpaired) electrons. The summed E-state index contributed by atoms with van der Waals surface area (Å²) in [5, 5.41) is 3.00. The van der Waals surface area contributed by atoms with E-state index in [9.17, 15) is 4.79 Å². The van der Waals surface area contributed by atoms with E-state index in [1.54, 1.807) is 23.8 Å². The second-order valence-corrected chi connectivity index (χ2v) is 4.80. The van der Waals surface area contributed by atoms with Crippen molar-refractivity contribution in [3.63, 3.8) is 0 Å². The van der Waals surface area contributed by atoms with Crippen molar-refractivity contribution in [3.8, 4) is 0 Å². The van der Waals surface area contributed by atoms with E-state index < -0.39 is 5.97 Å². The smallest absolute Gasteiger partial charge is 0.360 e. The summed E-state index contributed by atoms with van der Waals surface area (Å²) in [7, 11) is 0. The van der Waals surface area contributed by atoms with E-state index in [1.165, 1.54) is 6.26 Å². The number of oxazole rings is 1. The molecule has 20 heavy (non-hydrogen) atoms. The standard InChI is InChI=1S/C13H11N3O3S/c1-2-18-12(17)10-6-19-13(16-10)15-8-3-4-9-11(5-8)20-7-14-9/h3-7H,2H2,1H3,(H,15,16). The zero-order chi connectivity index (χ0) is 13.9. The third kappa shape index (κ3) is 2.48. The first-order valence-electron chi connectivity index (χ1n) is 5.99. The van der Waals surface area contributed by atoms with Gasteiger partial charge in [0.15, 0.2) is 5.69 Å². The fourth-order valence-corrected chi connectivity index (χ4v) is 2.40. The van der Waals surface area contributed by atoms with Gasteiger partial charge in [0.1, 0.15) is 6.26 Å². The van der Waals surface area contributed by atoms with Gasteiger partial charge < -0.3 is 14.5 Å². The van der Waals surface area contributed by atoms with Gasteiger partial charge in [0.05, 0.1) is 22.3 Å². The number of hydrogen-bond acceptors (Lipinski definition) is 7. The van der Waals surface area contributed by atoms with Gasteiger partial charge in [-0.3, -0.25) is 0 Å². The highest BCUT2D eigenvalue weighted by Gasteiger charge is 2.13. The minimum atomic E-state index is -0.498. The van der Waals surface area contributed by atoms with Crippen LogP contribution in [0.3, 0.4) is 0 Å². The molecular weight excluding hydrogens is 278 g/mol. The maximum Gasteiger partial charge on any atom is 0.360 e. The number of ether oxygens (including phenoxy) is 1. The Morgan fingerprint density at radius 3 is 3.25 bits per heavy atom. The lowest BCUT2D eigenvalue weighted by molar-refractivity contribution is 0.0519. The Kier molecular flexibility index (Phi) is 3.34. The number of carbonyl (C=O) groups excluding carboxylic acids is 1. The van der Waals surface area contributed by atoms with Crippen molar-refractivity contribution in [2.75, 3.05) is 11.9 Å². The predicted molar refractivity (Wildman–Crippen MR) is 75.4 cm³/mol. The lowest BCUT2D eigenvalue weighted by Gasteiger charge is -2.00. The molecule has 0 aliphatic rings. The van der Waals surface area contributed by atoms with Gasteiger partial charge in [-0.05, 0) is 25.1 Å². The molecule has 0 atom stereocenters. The number of benzene rings is 1. The first-order valence-corrected chi connectivity index (χ1v) is 6.87. The fraction of sp³-hybridized carbons (Fsp3) is 0.154. The topological polar surface area (TPSA) is 77.2 Å². The van der Waals surface area contributed by atoms with E-state index in [0.29, 0.717) is 6.61 Å². The summed E-state index contributed by atoms with van der Waals surface area (Å²) in [6.07, 6.45) is 1.27. The second kappa shape index (κ2) is 5.30. The van der Waals surface area contributed by atoms with Gasteiger partial charge in [-0.15, -0.1) is 11.3 Å². The largest absolute Gasteiger partial charge is 0.461 e. The highest BCUT2D eigenvalue weighted by atomic mass is 32.1. The molecule has 0 fully saturated rings. The lowest BCUT2D eigenvalue weighted by atomic mass is 10.3. The summed E-state index contributed by atoms with van der Waals surface area (Å²) in [6.45, 7) is 2.04. The van der Waals surface area contributed by atoms with Crippen LogP contribution in [0.25, 0.3) is 10.2 Å². The summed E-state index contributed by atoms with van der Waals surface area (Å²) in [6, 6.07) is 5.97. The molecule has 0 spiro atoms. The van der Waals surface area contributed by atoms with Crippen LogP contribution in [0, 0.1) is 0 Å². The minimum Gasteiger partial charge on any atom is -0.461 e. The number of thiazole rings is 1. The van der Waals surface area contributed by atoms with Crippen LogP contribution in [0.5, 0.6) is 0 Å². The third-order valence-electron chi connectivity index (χ3n) is 2.57. The first kappa shape index (κ1) is 12.6. The van der Waals surface area contributed by atoms with Crippen LogP contribution in [0.15, 0.2) is 34.4 Å². The number of esters is 1. The van der Waals surface area contributed by atoms with Crippen molar-refractivity contribution in [1.29, 1.82) is 0 Å². The molecule has 0 saturated carbocycles. The average molecular weight is 289 g/mol. The molecule has 2 aromatic heterocycles. The monoisotopic (exact) mass is 289 g/mol. The molecule has 1 aromatic carbocycles. The Morgan fingerprint density at radius 2 is 2.40 bits per heavy atom. The Bertz CT molecular complexity index is 750. The maximum atomic E-state index is 11.5. The number of nitrogens with zero attached hydrogens (tertiary/aromatic N) is 2. The first-order chi connectivity index (χ1) is 9.76. The SMILES string of the molecule is CCOC(=O)c1coc(Nc2ccc3ncsc3c2)n1. The van der Waals surface area contributed by atoms with Crippen LogP contribution in [0.2, 0.25) is 0 Å². The number of hydrogen-bond donors (Lipinski definition) is 1. The van der Waals surface area contributed by atoms with E-state index in [-0.39, 0.29) is 11.7 Å². The van der Waals surface area contributed by atoms with Gasteiger partial charge >= 0.3 is 5.97 Å². The van der Waals surface area contributed by atoms with Crippen molar-refractivity contribution in [2.24, 2.45) is 0 Å². The Labute approximate surface area is 118 Å². The van der Waals surface area contributed by atoms with Gasteiger partial charge in [-0.1, -0.05) is 0 Å². The van der Waals surface area contributed by atoms with Crippen molar-refractivity contribution in [1.82, 2.24) is 9.97 Å². The van der Waals surface area contributed by atoms with E-state index >= 15 is 0 Å². The van der Waals surface area contributed by atoms with Crippen LogP contribution >= 0.6 is 11.3 Å². The molecule has 6 nitrogen and oxygen atoms in total. The summed E-state index contributed by atoms with van der Waals surface area (Å²) in [5.41, 5.74) is 3.70. The number of aromatic nitrogens is 2. The zero-order valence-electron chi connectivity index (χ0n) is 10.6. The van der Waals surface area contributed by atoms with Gasteiger partial charge in [-0.25, -0.2) is 9.78 Å². The number of anilines is 2. The zero-order valence-corrected chi connectivity index (χ0v) is 11.4. The molecule has 3 rings (SSSR count). The van der Waals surface area contributed by atoms with Crippen molar-refractivity contribution in [2.45, 2.75) is 6.92 Å². The summed E-state index contributed by atoms with van der Waals surface area (Å²) in [5.74, 6) is -0.498. The number of nitrogens with one attached hydrogen (secondary N) is 1. The average Bonchev–Trinajstić information content (AvgIpc) is 3.07. The fourth-order valence-electron chi connectivity index (χ4n) is 1.69. The van der Waals surface area contributed by atoms with E-state index in [0.717, 1.165) is 15.9 Å². The molecule has 0 aliphatic carbocycles. The molecule has 0 aliphatic heterocycles. The Hall–Kier alpha value is -2.41. The normalized spacial score (nSPS) is 10.7. The summed E-state index contributed by atoms with van der Waals surface area (Å²) >= 11 is 1.55. The highest BCUT2D eigenvalue weighted by molar-refractivity contribution is 7.16. The molecule has 0 bridgehead atoms. The molecule has 7 heteroatoms. The van der Waals surface area contributed by atoms with E-state index in [1.807, 2.05) is 18.2 Å². The highest BCUT2D eigenvalue weighted by Crippen LogP contribution is 2.24. The van der Waals surface area contributed by atoms with Crippen LogP contribution in [-0.4, -0.2) is 22.5 Å². The molecule has 0 amide bonds. The number of carbonyl (C=O) groups is 1. The second-order valence-electron chi connectivity index (χ2n) is 3.92. The molecule has 2 heterocycles. The van der Waals surface area contributed by atoms with Gasteiger partial charge in [0.2, 0.25) is 0 Å². The lowest BCUT2D eigenvalue weighted by Crippen LogP contribution is -2.04. The van der Waals surface area contributed by atoms with E-state index in [2.05, 4.69) is 15.3 Å². The molecule has 3 aromatic rings. The van der Waals surface area contributed by atoms with Crippen molar-refractivity contribution in [3.05, 3.63) is 35.7 Å². The number of fused-ring (bicyclic) bond motifs is 1. The predicted octanol–water partition coefficient (Wildman–Crippen LogP) is 3.20.